The molecule has 0 spiro atoms. The van der Waals surface area contributed by atoms with Gasteiger partial charge in [0.15, 0.2) is 5.78 Å². The smallest absolute Gasteiger partial charge is 0.240 e. The summed E-state index contributed by atoms with van der Waals surface area (Å²) in [5.41, 5.74) is 0.400. The van der Waals surface area contributed by atoms with Crippen LogP contribution in [0.25, 0.3) is 0 Å². The summed E-state index contributed by atoms with van der Waals surface area (Å²) in [7, 11) is 0. The molecule has 5 heteroatoms. The highest BCUT2D eigenvalue weighted by Gasteiger charge is 2.13. The van der Waals surface area contributed by atoms with E-state index in [9.17, 15) is 9.59 Å². The van der Waals surface area contributed by atoms with Crippen LogP contribution in [0.3, 0.4) is 0 Å². The Morgan fingerprint density at radius 1 is 1.39 bits per heavy atom. The number of aromatic nitrogens is 2. The number of rotatable bonds is 5. The van der Waals surface area contributed by atoms with Gasteiger partial charge in [-0.1, -0.05) is 13.8 Å². The summed E-state index contributed by atoms with van der Waals surface area (Å²) in [6.07, 6.45) is 1.62. The van der Waals surface area contributed by atoms with Crippen LogP contribution in [-0.2, 0) is 11.3 Å². The van der Waals surface area contributed by atoms with Crippen molar-refractivity contribution in [1.29, 1.82) is 0 Å². The summed E-state index contributed by atoms with van der Waals surface area (Å²) in [6.45, 7) is 9.54. The molecule has 0 saturated heterocycles. The second-order valence-corrected chi connectivity index (χ2v) is 4.96. The van der Waals surface area contributed by atoms with Gasteiger partial charge in [-0.3, -0.25) is 9.59 Å². The number of amides is 1. The van der Waals surface area contributed by atoms with Crippen LogP contribution in [0.4, 0.5) is 0 Å². The van der Waals surface area contributed by atoms with Gasteiger partial charge in [-0.25, -0.2) is 4.98 Å². The normalized spacial score (nSPS) is 12.6. The van der Waals surface area contributed by atoms with Gasteiger partial charge in [0.05, 0.1) is 0 Å². The second-order valence-electron chi connectivity index (χ2n) is 4.96. The van der Waals surface area contributed by atoms with E-state index in [-0.39, 0.29) is 24.3 Å². The number of nitrogens with one attached hydrogen (secondary N) is 1. The van der Waals surface area contributed by atoms with Crippen LogP contribution in [0.1, 0.15) is 44.0 Å². The molecule has 0 radical (unpaired) electrons. The van der Waals surface area contributed by atoms with Gasteiger partial charge in [0.2, 0.25) is 5.91 Å². The zero-order valence-corrected chi connectivity index (χ0v) is 11.7. The molecule has 1 heterocycles. The van der Waals surface area contributed by atoms with E-state index in [0.717, 1.165) is 0 Å². The van der Waals surface area contributed by atoms with Crippen molar-refractivity contribution >= 4 is 11.7 Å². The molecule has 1 N–H and O–H groups in total. The Kier molecular flexibility index (Phi) is 4.64. The third kappa shape index (κ3) is 3.68. The van der Waals surface area contributed by atoms with E-state index in [1.807, 2.05) is 6.92 Å². The summed E-state index contributed by atoms with van der Waals surface area (Å²) in [4.78, 5) is 27.1. The molecule has 18 heavy (non-hydrogen) atoms. The molecule has 5 nitrogen and oxygen atoms in total. The van der Waals surface area contributed by atoms with E-state index in [1.54, 1.807) is 17.7 Å². The number of hydrogen-bond donors (Lipinski definition) is 1. The summed E-state index contributed by atoms with van der Waals surface area (Å²) in [6, 6.07) is 0.133. The van der Waals surface area contributed by atoms with E-state index in [1.165, 1.54) is 6.92 Å². The third-order valence-corrected chi connectivity index (χ3v) is 3.04. The molecule has 0 aliphatic rings. The van der Waals surface area contributed by atoms with Gasteiger partial charge in [0.1, 0.15) is 18.1 Å². The molecule has 1 amide bonds. The minimum absolute atomic E-state index is 0.0631. The van der Waals surface area contributed by atoms with Crippen LogP contribution < -0.4 is 5.32 Å². The monoisotopic (exact) mass is 251 g/mol. The number of carbonyl (C=O) groups excluding carboxylic acids is 2. The highest BCUT2D eigenvalue weighted by molar-refractivity contribution is 5.92. The lowest BCUT2D eigenvalue weighted by Crippen LogP contribution is -2.38. The zero-order chi connectivity index (χ0) is 13.9. The standard InChI is InChI=1S/C13H21N3O2/c1-8(2)9(3)14-13(18)7-16-6-12(10(4)17)15-11(16)5/h6,8-9H,7H2,1-5H3,(H,14,18). The molecule has 0 fully saturated rings. The number of nitrogens with zero attached hydrogens (tertiary/aromatic N) is 2. The third-order valence-electron chi connectivity index (χ3n) is 3.04. The van der Waals surface area contributed by atoms with Gasteiger partial charge in [0.25, 0.3) is 0 Å². The molecule has 1 rings (SSSR count). The van der Waals surface area contributed by atoms with Gasteiger partial charge < -0.3 is 9.88 Å². The molecule has 1 aromatic rings. The number of hydrogen-bond acceptors (Lipinski definition) is 3. The first-order valence-corrected chi connectivity index (χ1v) is 6.15. The Bertz CT molecular complexity index is 449. The predicted molar refractivity (Wildman–Crippen MR) is 69.4 cm³/mol. The van der Waals surface area contributed by atoms with Gasteiger partial charge in [-0.2, -0.15) is 0 Å². The SMILES string of the molecule is CC(=O)c1cn(CC(=O)NC(C)C(C)C)c(C)n1. The molecule has 0 aliphatic heterocycles. The van der Waals surface area contributed by atoms with Crippen LogP contribution in [0, 0.1) is 12.8 Å². The minimum atomic E-state index is -0.0900. The highest BCUT2D eigenvalue weighted by atomic mass is 16.2. The zero-order valence-electron chi connectivity index (χ0n) is 11.7. The Hall–Kier alpha value is -1.65. The van der Waals surface area contributed by atoms with Gasteiger partial charge >= 0.3 is 0 Å². The van der Waals surface area contributed by atoms with Crippen molar-refractivity contribution in [3.8, 4) is 0 Å². The van der Waals surface area contributed by atoms with Crippen LogP contribution >= 0.6 is 0 Å². The maximum absolute atomic E-state index is 11.8. The average Bonchev–Trinajstić information content (AvgIpc) is 2.60. The van der Waals surface area contributed by atoms with Crippen LogP contribution in [0.2, 0.25) is 0 Å². The molecule has 1 aromatic heterocycles. The highest BCUT2D eigenvalue weighted by Crippen LogP contribution is 2.04. The quantitative estimate of drug-likeness (QED) is 0.808. The molecule has 0 saturated carbocycles. The second kappa shape index (κ2) is 5.80. The maximum atomic E-state index is 11.8. The number of carbonyl (C=O) groups is 2. The fourth-order valence-corrected chi connectivity index (χ4v) is 1.46. The summed E-state index contributed by atoms with van der Waals surface area (Å²) >= 11 is 0. The Morgan fingerprint density at radius 3 is 2.44 bits per heavy atom. The van der Waals surface area contributed by atoms with Crippen molar-refractivity contribution in [1.82, 2.24) is 14.9 Å². The van der Waals surface area contributed by atoms with Crippen molar-refractivity contribution in [3.63, 3.8) is 0 Å². The summed E-state index contributed by atoms with van der Waals surface area (Å²) < 4.78 is 1.69. The van der Waals surface area contributed by atoms with E-state index >= 15 is 0 Å². The van der Waals surface area contributed by atoms with Gasteiger partial charge in [-0.15, -0.1) is 0 Å². The number of aryl methyl sites for hydroxylation is 1. The van der Waals surface area contributed by atoms with Crippen LogP contribution in [-0.4, -0.2) is 27.3 Å². The lowest BCUT2D eigenvalue weighted by molar-refractivity contribution is -0.122. The molecular weight excluding hydrogens is 230 g/mol. The van der Waals surface area contributed by atoms with Gasteiger partial charge in [0, 0.05) is 19.2 Å². The number of imidazole rings is 1. The first kappa shape index (κ1) is 14.4. The molecule has 0 bridgehead atoms. The van der Waals surface area contributed by atoms with Crippen molar-refractivity contribution in [2.75, 3.05) is 0 Å². The fourth-order valence-electron chi connectivity index (χ4n) is 1.46. The van der Waals surface area contributed by atoms with E-state index < -0.39 is 0 Å². The molecular formula is C13H21N3O2. The predicted octanol–water partition coefficient (Wildman–Crippen LogP) is 1.55. The molecule has 0 aliphatic carbocycles. The molecule has 1 unspecified atom stereocenters. The van der Waals surface area contributed by atoms with Crippen molar-refractivity contribution < 1.29 is 9.59 Å². The number of Topliss-reactive ketones (excluding diaryl/α,β-unsaturated/α-hetero) is 1. The largest absolute Gasteiger partial charge is 0.352 e. The topological polar surface area (TPSA) is 64.0 Å². The minimum Gasteiger partial charge on any atom is -0.352 e. The van der Waals surface area contributed by atoms with Gasteiger partial charge in [-0.05, 0) is 19.8 Å². The summed E-state index contributed by atoms with van der Waals surface area (Å²) in [5.74, 6) is 0.915. The lowest BCUT2D eigenvalue weighted by Gasteiger charge is -2.17. The van der Waals surface area contributed by atoms with Crippen LogP contribution in [0.5, 0.6) is 0 Å². The summed E-state index contributed by atoms with van der Waals surface area (Å²) in [5, 5.41) is 2.92. The van der Waals surface area contributed by atoms with Crippen LogP contribution in [0.15, 0.2) is 6.20 Å². The Balaban J connectivity index is 2.67. The van der Waals surface area contributed by atoms with Crippen molar-refractivity contribution in [2.24, 2.45) is 5.92 Å². The Labute approximate surface area is 108 Å². The molecule has 100 valence electrons. The first-order valence-electron chi connectivity index (χ1n) is 6.15. The van der Waals surface area contributed by atoms with Crippen molar-refractivity contribution in [3.05, 3.63) is 17.7 Å². The van der Waals surface area contributed by atoms with E-state index in [4.69, 9.17) is 0 Å². The van der Waals surface area contributed by atoms with Crippen molar-refractivity contribution in [2.45, 2.75) is 47.2 Å². The lowest BCUT2D eigenvalue weighted by atomic mass is 10.1. The Morgan fingerprint density at radius 2 is 2.00 bits per heavy atom. The fraction of sp³-hybridized carbons (Fsp3) is 0.615. The molecule has 1 atom stereocenters. The average molecular weight is 251 g/mol. The van der Waals surface area contributed by atoms with E-state index in [0.29, 0.717) is 17.4 Å². The number of ketones is 1. The first-order chi connectivity index (χ1) is 8.31. The molecule has 0 aromatic carbocycles. The maximum Gasteiger partial charge on any atom is 0.240 e. The van der Waals surface area contributed by atoms with E-state index in [2.05, 4.69) is 24.1 Å².